The number of carbonyl (C=O) groups is 1. The molecule has 1 aromatic carbocycles. The number of rotatable bonds is 5. The molecule has 0 fully saturated rings. The maximum Gasteiger partial charge on any atom is 0.317 e. The van der Waals surface area contributed by atoms with Crippen LogP contribution in [-0.2, 0) is 6.42 Å². The molecule has 0 aromatic heterocycles. The summed E-state index contributed by atoms with van der Waals surface area (Å²) in [6.07, 6.45) is 0.795. The SMILES string of the molecule is CN(CCO)C(=O)NC(Cc1ccccc1)C(C)(C)C. The van der Waals surface area contributed by atoms with Crippen molar-refractivity contribution in [2.24, 2.45) is 5.41 Å². The van der Waals surface area contributed by atoms with Crippen molar-refractivity contribution in [1.29, 1.82) is 0 Å². The van der Waals surface area contributed by atoms with Crippen LogP contribution >= 0.6 is 0 Å². The van der Waals surface area contributed by atoms with E-state index >= 15 is 0 Å². The Morgan fingerprint density at radius 2 is 1.90 bits per heavy atom. The smallest absolute Gasteiger partial charge is 0.317 e. The van der Waals surface area contributed by atoms with Crippen LogP contribution in [0.25, 0.3) is 0 Å². The van der Waals surface area contributed by atoms with E-state index in [2.05, 4.69) is 38.2 Å². The molecule has 0 saturated heterocycles. The van der Waals surface area contributed by atoms with E-state index in [1.165, 1.54) is 10.5 Å². The number of amides is 2. The predicted octanol–water partition coefficient (Wildman–Crippen LogP) is 2.28. The van der Waals surface area contributed by atoms with E-state index in [0.717, 1.165) is 6.42 Å². The molecule has 0 aliphatic carbocycles. The van der Waals surface area contributed by atoms with Crippen molar-refractivity contribution in [3.63, 3.8) is 0 Å². The number of aliphatic hydroxyl groups is 1. The molecule has 1 aromatic rings. The van der Waals surface area contributed by atoms with Crippen LogP contribution in [0.5, 0.6) is 0 Å². The second-order valence-corrected chi connectivity index (χ2v) is 6.20. The quantitative estimate of drug-likeness (QED) is 0.868. The fourth-order valence-electron chi connectivity index (χ4n) is 1.93. The molecule has 2 amide bonds. The molecule has 0 saturated carbocycles. The minimum absolute atomic E-state index is 0.0250. The number of hydrogen-bond acceptors (Lipinski definition) is 2. The molecule has 1 rings (SSSR count). The molecular formula is C16H26N2O2. The predicted molar refractivity (Wildman–Crippen MR) is 81.6 cm³/mol. The van der Waals surface area contributed by atoms with Crippen molar-refractivity contribution >= 4 is 6.03 Å². The highest BCUT2D eigenvalue weighted by Crippen LogP contribution is 2.22. The second kappa shape index (κ2) is 7.29. The number of aliphatic hydroxyl groups excluding tert-OH is 1. The van der Waals surface area contributed by atoms with Gasteiger partial charge in [-0.25, -0.2) is 4.79 Å². The van der Waals surface area contributed by atoms with Gasteiger partial charge in [0.2, 0.25) is 0 Å². The first kappa shape index (κ1) is 16.5. The Morgan fingerprint density at radius 1 is 1.30 bits per heavy atom. The van der Waals surface area contributed by atoms with Crippen molar-refractivity contribution in [2.75, 3.05) is 20.2 Å². The Hall–Kier alpha value is -1.55. The molecule has 4 nitrogen and oxygen atoms in total. The molecule has 1 unspecified atom stereocenters. The van der Waals surface area contributed by atoms with E-state index in [-0.39, 0.29) is 24.1 Å². The summed E-state index contributed by atoms with van der Waals surface area (Å²) in [6.45, 7) is 6.67. The van der Waals surface area contributed by atoms with Gasteiger partial charge in [-0.15, -0.1) is 0 Å². The van der Waals surface area contributed by atoms with E-state index in [4.69, 9.17) is 5.11 Å². The summed E-state index contributed by atoms with van der Waals surface area (Å²) < 4.78 is 0. The Bertz CT molecular complexity index is 412. The minimum atomic E-state index is -0.144. The van der Waals surface area contributed by atoms with Gasteiger partial charge in [0.1, 0.15) is 0 Å². The number of urea groups is 1. The van der Waals surface area contributed by atoms with Gasteiger partial charge in [0.15, 0.2) is 0 Å². The molecule has 2 N–H and O–H groups in total. The molecule has 0 heterocycles. The first-order valence-corrected chi connectivity index (χ1v) is 7.01. The zero-order valence-electron chi connectivity index (χ0n) is 12.9. The molecule has 112 valence electrons. The summed E-state index contributed by atoms with van der Waals surface area (Å²) in [4.78, 5) is 13.6. The van der Waals surface area contributed by atoms with Gasteiger partial charge in [-0.3, -0.25) is 0 Å². The maximum atomic E-state index is 12.1. The lowest BCUT2D eigenvalue weighted by atomic mass is 9.83. The highest BCUT2D eigenvalue weighted by Gasteiger charge is 2.27. The van der Waals surface area contributed by atoms with E-state index in [9.17, 15) is 4.79 Å². The van der Waals surface area contributed by atoms with Gasteiger partial charge in [-0.1, -0.05) is 51.1 Å². The molecule has 20 heavy (non-hydrogen) atoms. The van der Waals surface area contributed by atoms with Crippen molar-refractivity contribution in [1.82, 2.24) is 10.2 Å². The zero-order valence-corrected chi connectivity index (χ0v) is 12.9. The lowest BCUT2D eigenvalue weighted by Gasteiger charge is -2.33. The van der Waals surface area contributed by atoms with Gasteiger partial charge in [-0.2, -0.15) is 0 Å². The normalized spacial score (nSPS) is 12.8. The minimum Gasteiger partial charge on any atom is -0.395 e. The van der Waals surface area contributed by atoms with Crippen molar-refractivity contribution < 1.29 is 9.90 Å². The van der Waals surface area contributed by atoms with Gasteiger partial charge in [0, 0.05) is 19.6 Å². The average molecular weight is 278 g/mol. The second-order valence-electron chi connectivity index (χ2n) is 6.20. The fourth-order valence-corrected chi connectivity index (χ4v) is 1.93. The van der Waals surface area contributed by atoms with Crippen molar-refractivity contribution in [3.05, 3.63) is 35.9 Å². The number of benzene rings is 1. The highest BCUT2D eigenvalue weighted by molar-refractivity contribution is 5.74. The molecule has 1 atom stereocenters. The topological polar surface area (TPSA) is 52.6 Å². The summed E-state index contributed by atoms with van der Waals surface area (Å²) >= 11 is 0. The van der Waals surface area contributed by atoms with E-state index in [1.54, 1.807) is 7.05 Å². The molecular weight excluding hydrogens is 252 g/mol. The maximum absolute atomic E-state index is 12.1. The van der Waals surface area contributed by atoms with Crippen molar-refractivity contribution in [2.45, 2.75) is 33.2 Å². The summed E-state index contributed by atoms with van der Waals surface area (Å²) in [6, 6.07) is 10.0. The largest absolute Gasteiger partial charge is 0.395 e. The van der Waals surface area contributed by atoms with Crippen LogP contribution in [0.1, 0.15) is 26.3 Å². The first-order chi connectivity index (χ1) is 9.34. The van der Waals surface area contributed by atoms with Gasteiger partial charge in [-0.05, 0) is 17.4 Å². The molecule has 0 aliphatic rings. The Morgan fingerprint density at radius 3 is 2.40 bits per heavy atom. The lowest BCUT2D eigenvalue weighted by Crippen LogP contribution is -2.50. The standard InChI is InChI=1S/C16H26N2O2/c1-16(2,3)14(12-13-8-6-5-7-9-13)17-15(20)18(4)10-11-19/h5-9,14,19H,10-12H2,1-4H3,(H,17,20). The van der Waals surface area contributed by atoms with Crippen LogP contribution in [0.4, 0.5) is 4.79 Å². The molecule has 0 spiro atoms. The number of hydrogen-bond donors (Lipinski definition) is 2. The number of likely N-dealkylation sites (N-methyl/N-ethyl adjacent to an activating group) is 1. The van der Waals surface area contributed by atoms with Crippen LogP contribution in [0, 0.1) is 5.41 Å². The third kappa shape index (κ3) is 5.21. The van der Waals surface area contributed by atoms with Crippen LogP contribution in [-0.4, -0.2) is 42.3 Å². The number of carbonyl (C=O) groups excluding carboxylic acids is 1. The third-order valence-corrected chi connectivity index (χ3v) is 3.41. The monoisotopic (exact) mass is 278 g/mol. The van der Waals surface area contributed by atoms with Crippen LogP contribution < -0.4 is 5.32 Å². The summed E-state index contributed by atoms with van der Waals surface area (Å²) in [5.74, 6) is 0. The average Bonchev–Trinajstić information content (AvgIpc) is 2.38. The van der Waals surface area contributed by atoms with Gasteiger partial charge >= 0.3 is 6.03 Å². The van der Waals surface area contributed by atoms with Crippen molar-refractivity contribution in [3.8, 4) is 0 Å². The molecule has 4 heteroatoms. The summed E-state index contributed by atoms with van der Waals surface area (Å²) in [7, 11) is 1.69. The number of nitrogens with zero attached hydrogens (tertiary/aromatic N) is 1. The van der Waals surface area contributed by atoms with Gasteiger partial charge < -0.3 is 15.3 Å². The molecule has 0 bridgehead atoms. The van der Waals surface area contributed by atoms with Gasteiger partial charge in [0.25, 0.3) is 0 Å². The zero-order chi connectivity index (χ0) is 15.2. The van der Waals surface area contributed by atoms with Crippen LogP contribution in [0.3, 0.4) is 0 Å². The van der Waals surface area contributed by atoms with E-state index in [0.29, 0.717) is 6.54 Å². The fraction of sp³-hybridized carbons (Fsp3) is 0.562. The van der Waals surface area contributed by atoms with Gasteiger partial charge in [0.05, 0.1) is 6.61 Å². The molecule has 0 aliphatic heterocycles. The first-order valence-electron chi connectivity index (χ1n) is 7.01. The van der Waals surface area contributed by atoms with E-state index in [1.807, 2.05) is 18.2 Å². The third-order valence-electron chi connectivity index (χ3n) is 3.41. The summed E-state index contributed by atoms with van der Waals surface area (Å²) in [5, 5.41) is 12.0. The number of nitrogens with one attached hydrogen (secondary N) is 1. The Kier molecular flexibility index (Phi) is 6.02. The Labute approximate surface area is 121 Å². The molecule has 0 radical (unpaired) electrons. The van der Waals surface area contributed by atoms with E-state index < -0.39 is 0 Å². The lowest BCUT2D eigenvalue weighted by molar-refractivity contribution is 0.175. The highest BCUT2D eigenvalue weighted by atomic mass is 16.3. The summed E-state index contributed by atoms with van der Waals surface area (Å²) in [5.41, 5.74) is 1.17. The van der Waals surface area contributed by atoms with Crippen LogP contribution in [0.15, 0.2) is 30.3 Å². The Balaban J connectivity index is 2.73. The van der Waals surface area contributed by atoms with Crippen LogP contribution in [0.2, 0.25) is 0 Å².